The van der Waals surface area contributed by atoms with Crippen molar-refractivity contribution in [2.24, 2.45) is 0 Å². The Morgan fingerprint density at radius 2 is 2.14 bits per heavy atom. The standard InChI is InChI=1S/C13H11N3O5/c1-20-13(17)8-3-2-4-9(5-8)21-12-6-10(14)11(7-15-12)16(18)19/h2-7H,1H3,(H2,14,15). The quantitative estimate of drug-likeness (QED) is 0.520. The summed E-state index contributed by atoms with van der Waals surface area (Å²) in [7, 11) is 1.27. The van der Waals surface area contributed by atoms with Gasteiger partial charge in [-0.25, -0.2) is 9.78 Å². The number of benzene rings is 1. The second-order valence-electron chi connectivity index (χ2n) is 3.96. The predicted octanol–water partition coefficient (Wildman–Crippen LogP) is 2.15. The molecule has 2 rings (SSSR count). The van der Waals surface area contributed by atoms with Crippen LogP contribution in [-0.4, -0.2) is 23.0 Å². The van der Waals surface area contributed by atoms with Gasteiger partial charge in [0, 0.05) is 6.07 Å². The molecule has 0 atom stereocenters. The third-order valence-corrected chi connectivity index (χ3v) is 2.56. The van der Waals surface area contributed by atoms with E-state index < -0.39 is 10.9 Å². The summed E-state index contributed by atoms with van der Waals surface area (Å²) in [5.41, 5.74) is 5.49. The van der Waals surface area contributed by atoms with Gasteiger partial charge in [-0.15, -0.1) is 0 Å². The van der Waals surface area contributed by atoms with E-state index in [0.29, 0.717) is 11.3 Å². The van der Waals surface area contributed by atoms with Crippen molar-refractivity contribution in [2.45, 2.75) is 0 Å². The van der Waals surface area contributed by atoms with E-state index in [1.54, 1.807) is 18.2 Å². The number of esters is 1. The van der Waals surface area contributed by atoms with Crippen LogP contribution in [0, 0.1) is 10.1 Å². The van der Waals surface area contributed by atoms with Gasteiger partial charge in [0.05, 0.1) is 17.6 Å². The number of aromatic nitrogens is 1. The third-order valence-electron chi connectivity index (χ3n) is 2.56. The number of nitrogens with two attached hydrogens (primary N) is 1. The fourth-order valence-corrected chi connectivity index (χ4v) is 1.58. The van der Waals surface area contributed by atoms with Crippen molar-refractivity contribution in [3.05, 3.63) is 52.2 Å². The summed E-state index contributed by atoms with van der Waals surface area (Å²) < 4.78 is 10.0. The van der Waals surface area contributed by atoms with Crippen LogP contribution in [0.4, 0.5) is 11.4 Å². The van der Waals surface area contributed by atoms with Crippen molar-refractivity contribution in [1.82, 2.24) is 4.98 Å². The summed E-state index contributed by atoms with van der Waals surface area (Å²) in [6.07, 6.45) is 1.01. The van der Waals surface area contributed by atoms with Gasteiger partial charge in [-0.1, -0.05) is 6.07 Å². The van der Waals surface area contributed by atoms with Gasteiger partial charge in [-0.05, 0) is 18.2 Å². The maximum absolute atomic E-state index is 11.4. The van der Waals surface area contributed by atoms with Crippen molar-refractivity contribution in [1.29, 1.82) is 0 Å². The third kappa shape index (κ3) is 3.24. The highest BCUT2D eigenvalue weighted by atomic mass is 16.6. The van der Waals surface area contributed by atoms with E-state index in [-0.39, 0.29) is 17.3 Å². The van der Waals surface area contributed by atoms with E-state index >= 15 is 0 Å². The van der Waals surface area contributed by atoms with Gasteiger partial charge in [-0.3, -0.25) is 10.1 Å². The lowest BCUT2D eigenvalue weighted by molar-refractivity contribution is -0.384. The highest BCUT2D eigenvalue weighted by Gasteiger charge is 2.14. The predicted molar refractivity (Wildman–Crippen MR) is 73.2 cm³/mol. The molecule has 8 heteroatoms. The number of nitro groups is 1. The molecular weight excluding hydrogens is 278 g/mol. The van der Waals surface area contributed by atoms with Crippen molar-refractivity contribution in [3.8, 4) is 11.6 Å². The Balaban J connectivity index is 2.24. The lowest BCUT2D eigenvalue weighted by Crippen LogP contribution is -2.01. The molecule has 0 amide bonds. The fourth-order valence-electron chi connectivity index (χ4n) is 1.58. The molecular formula is C13H11N3O5. The van der Waals surface area contributed by atoms with Gasteiger partial charge in [0.2, 0.25) is 5.88 Å². The summed E-state index contributed by atoms with van der Waals surface area (Å²) >= 11 is 0. The van der Waals surface area contributed by atoms with Gasteiger partial charge in [0.15, 0.2) is 0 Å². The molecule has 1 heterocycles. The molecule has 0 unspecified atom stereocenters. The summed E-state index contributed by atoms with van der Waals surface area (Å²) in [4.78, 5) is 25.2. The first-order valence-electron chi connectivity index (χ1n) is 5.77. The molecule has 0 spiro atoms. The second-order valence-corrected chi connectivity index (χ2v) is 3.96. The summed E-state index contributed by atoms with van der Waals surface area (Å²) in [5, 5.41) is 10.6. The minimum absolute atomic E-state index is 0.0610. The van der Waals surface area contributed by atoms with Gasteiger partial charge in [0.25, 0.3) is 0 Å². The molecule has 108 valence electrons. The Hall–Kier alpha value is -3.16. The van der Waals surface area contributed by atoms with Crippen LogP contribution >= 0.6 is 0 Å². The van der Waals surface area contributed by atoms with E-state index in [2.05, 4.69) is 9.72 Å². The minimum atomic E-state index is -0.635. The topological polar surface area (TPSA) is 118 Å². The molecule has 0 bridgehead atoms. The second kappa shape index (κ2) is 5.87. The number of pyridine rings is 1. The van der Waals surface area contributed by atoms with Crippen molar-refractivity contribution < 1.29 is 19.2 Å². The molecule has 0 radical (unpaired) electrons. The number of methoxy groups -OCH3 is 1. The largest absolute Gasteiger partial charge is 0.465 e. The number of carbonyl (C=O) groups excluding carboxylic acids is 1. The van der Waals surface area contributed by atoms with E-state index in [4.69, 9.17) is 10.5 Å². The number of nitrogen functional groups attached to an aromatic ring is 1. The van der Waals surface area contributed by atoms with Crippen molar-refractivity contribution in [3.63, 3.8) is 0 Å². The Morgan fingerprint density at radius 1 is 1.38 bits per heavy atom. The zero-order valence-electron chi connectivity index (χ0n) is 11.0. The van der Waals surface area contributed by atoms with Crippen LogP contribution in [0.1, 0.15) is 10.4 Å². The normalized spacial score (nSPS) is 9.95. The molecule has 2 N–H and O–H groups in total. The first kappa shape index (κ1) is 14.3. The highest BCUT2D eigenvalue weighted by Crippen LogP contribution is 2.27. The number of rotatable bonds is 4. The molecule has 1 aromatic heterocycles. The average molecular weight is 289 g/mol. The minimum Gasteiger partial charge on any atom is -0.465 e. The van der Waals surface area contributed by atoms with Gasteiger partial charge in [-0.2, -0.15) is 0 Å². The van der Waals surface area contributed by atoms with Crippen LogP contribution in [0.2, 0.25) is 0 Å². The van der Waals surface area contributed by atoms with E-state index in [9.17, 15) is 14.9 Å². The number of nitrogens with zero attached hydrogens (tertiary/aromatic N) is 2. The maximum atomic E-state index is 11.4. The number of anilines is 1. The molecule has 0 saturated heterocycles. The fraction of sp³-hybridized carbons (Fsp3) is 0.0769. The smallest absolute Gasteiger partial charge is 0.337 e. The van der Waals surface area contributed by atoms with Gasteiger partial charge >= 0.3 is 11.7 Å². The molecule has 0 aliphatic rings. The van der Waals surface area contributed by atoms with Crippen LogP contribution in [0.15, 0.2) is 36.5 Å². The summed E-state index contributed by atoms with van der Waals surface area (Å²) in [5.74, 6) is -0.0876. The SMILES string of the molecule is COC(=O)c1cccc(Oc2cc(N)c([N+](=O)[O-])cn2)c1. The molecule has 2 aromatic rings. The van der Waals surface area contributed by atoms with Crippen LogP contribution in [-0.2, 0) is 4.74 Å². The lowest BCUT2D eigenvalue weighted by atomic mass is 10.2. The van der Waals surface area contributed by atoms with Crippen LogP contribution < -0.4 is 10.5 Å². The number of hydrogen-bond donors (Lipinski definition) is 1. The first-order chi connectivity index (χ1) is 10.0. The average Bonchev–Trinajstić information content (AvgIpc) is 2.46. The maximum Gasteiger partial charge on any atom is 0.337 e. The number of hydrogen-bond acceptors (Lipinski definition) is 7. The number of carbonyl (C=O) groups is 1. The lowest BCUT2D eigenvalue weighted by Gasteiger charge is -2.06. The molecule has 0 aliphatic carbocycles. The Labute approximate surface area is 119 Å². The molecule has 0 aliphatic heterocycles. The van der Waals surface area contributed by atoms with Crippen LogP contribution in [0.3, 0.4) is 0 Å². The van der Waals surface area contributed by atoms with Crippen molar-refractivity contribution in [2.75, 3.05) is 12.8 Å². The summed E-state index contributed by atoms with van der Waals surface area (Å²) in [6, 6.07) is 7.48. The van der Waals surface area contributed by atoms with Crippen molar-refractivity contribution >= 4 is 17.3 Å². The summed E-state index contributed by atoms with van der Waals surface area (Å²) in [6.45, 7) is 0. The Morgan fingerprint density at radius 3 is 2.76 bits per heavy atom. The van der Waals surface area contributed by atoms with Gasteiger partial charge < -0.3 is 15.2 Å². The highest BCUT2D eigenvalue weighted by molar-refractivity contribution is 5.89. The van der Waals surface area contributed by atoms with Crippen LogP contribution in [0.5, 0.6) is 11.6 Å². The molecule has 0 fully saturated rings. The first-order valence-corrected chi connectivity index (χ1v) is 5.77. The Bertz CT molecular complexity index is 702. The van der Waals surface area contributed by atoms with E-state index in [1.807, 2.05) is 0 Å². The molecule has 0 saturated carbocycles. The molecule has 1 aromatic carbocycles. The Kier molecular flexibility index (Phi) is 3.98. The monoisotopic (exact) mass is 289 g/mol. The molecule has 21 heavy (non-hydrogen) atoms. The number of ether oxygens (including phenoxy) is 2. The molecule has 8 nitrogen and oxygen atoms in total. The van der Waals surface area contributed by atoms with Crippen LogP contribution in [0.25, 0.3) is 0 Å². The zero-order valence-corrected chi connectivity index (χ0v) is 11.0. The van der Waals surface area contributed by atoms with Gasteiger partial charge in [0.1, 0.15) is 17.6 Å². The zero-order chi connectivity index (χ0) is 15.4. The van der Waals surface area contributed by atoms with E-state index in [1.165, 1.54) is 19.2 Å². The van der Waals surface area contributed by atoms with E-state index in [0.717, 1.165) is 6.20 Å².